The van der Waals surface area contributed by atoms with Crippen molar-refractivity contribution in [3.63, 3.8) is 0 Å². The Morgan fingerprint density at radius 2 is 1.91 bits per heavy atom. The standard InChI is InChI=1S/C17H27N3O3/c1-13(2)16(20-8-10-23-11-9-20)12-18-17(21)19-14-4-6-15(22-3)7-5-14/h4-7,13,16H,8-12H2,1-3H3,(H2,18,19,21)/t16-/m0/s1. The molecule has 1 atom stereocenters. The maximum Gasteiger partial charge on any atom is 0.319 e. The van der Waals surface area contributed by atoms with Gasteiger partial charge >= 0.3 is 6.03 Å². The van der Waals surface area contributed by atoms with Gasteiger partial charge in [0, 0.05) is 31.4 Å². The van der Waals surface area contributed by atoms with Gasteiger partial charge in [-0.1, -0.05) is 13.8 Å². The van der Waals surface area contributed by atoms with Crippen molar-refractivity contribution in [2.24, 2.45) is 5.92 Å². The Labute approximate surface area is 138 Å². The number of anilines is 1. The minimum absolute atomic E-state index is 0.186. The van der Waals surface area contributed by atoms with E-state index in [-0.39, 0.29) is 6.03 Å². The Bertz CT molecular complexity index is 484. The molecule has 23 heavy (non-hydrogen) atoms. The highest BCUT2D eigenvalue weighted by Gasteiger charge is 2.24. The molecule has 6 heteroatoms. The molecule has 0 bridgehead atoms. The maximum atomic E-state index is 12.1. The number of methoxy groups -OCH3 is 1. The second kappa shape index (κ2) is 8.74. The van der Waals surface area contributed by atoms with Crippen LogP contribution in [0.5, 0.6) is 5.75 Å². The van der Waals surface area contributed by atoms with Crippen LogP contribution in [0.1, 0.15) is 13.8 Å². The molecule has 0 unspecified atom stereocenters. The topological polar surface area (TPSA) is 62.8 Å². The van der Waals surface area contributed by atoms with Crippen molar-refractivity contribution < 1.29 is 14.3 Å². The van der Waals surface area contributed by atoms with E-state index in [0.717, 1.165) is 37.7 Å². The van der Waals surface area contributed by atoms with Gasteiger partial charge in [0.05, 0.1) is 20.3 Å². The summed E-state index contributed by atoms with van der Waals surface area (Å²) in [6, 6.07) is 7.41. The van der Waals surface area contributed by atoms with Gasteiger partial charge in [-0.05, 0) is 30.2 Å². The molecule has 0 radical (unpaired) electrons. The zero-order chi connectivity index (χ0) is 16.7. The van der Waals surface area contributed by atoms with Crippen LogP contribution in [0.4, 0.5) is 10.5 Å². The van der Waals surface area contributed by atoms with E-state index >= 15 is 0 Å². The molecule has 0 aromatic heterocycles. The van der Waals surface area contributed by atoms with E-state index in [2.05, 4.69) is 29.4 Å². The first kappa shape index (κ1) is 17.6. The van der Waals surface area contributed by atoms with Gasteiger partial charge in [0.25, 0.3) is 0 Å². The van der Waals surface area contributed by atoms with Crippen LogP contribution in [0.15, 0.2) is 24.3 Å². The first-order valence-corrected chi connectivity index (χ1v) is 8.11. The number of urea groups is 1. The molecule has 1 saturated heterocycles. The van der Waals surface area contributed by atoms with Gasteiger partial charge in [0.2, 0.25) is 0 Å². The molecule has 6 nitrogen and oxygen atoms in total. The molecule has 2 amide bonds. The Morgan fingerprint density at radius 3 is 2.48 bits per heavy atom. The monoisotopic (exact) mass is 321 g/mol. The number of ether oxygens (including phenoxy) is 2. The minimum atomic E-state index is -0.186. The number of carbonyl (C=O) groups excluding carboxylic acids is 1. The SMILES string of the molecule is COc1ccc(NC(=O)NC[C@@H](C(C)C)N2CCOCC2)cc1. The fourth-order valence-corrected chi connectivity index (χ4v) is 2.74. The first-order valence-electron chi connectivity index (χ1n) is 8.11. The van der Waals surface area contributed by atoms with Crippen molar-refractivity contribution in [1.82, 2.24) is 10.2 Å². The smallest absolute Gasteiger partial charge is 0.319 e. The number of rotatable bonds is 6. The van der Waals surface area contributed by atoms with Gasteiger partial charge in [-0.2, -0.15) is 0 Å². The molecular weight excluding hydrogens is 294 g/mol. The maximum absolute atomic E-state index is 12.1. The highest BCUT2D eigenvalue weighted by atomic mass is 16.5. The number of amides is 2. The summed E-state index contributed by atoms with van der Waals surface area (Å²) >= 11 is 0. The summed E-state index contributed by atoms with van der Waals surface area (Å²) in [7, 11) is 1.62. The highest BCUT2D eigenvalue weighted by molar-refractivity contribution is 5.89. The Balaban J connectivity index is 1.83. The fraction of sp³-hybridized carbons (Fsp3) is 0.588. The van der Waals surface area contributed by atoms with Gasteiger partial charge in [0.15, 0.2) is 0 Å². The van der Waals surface area contributed by atoms with Gasteiger partial charge < -0.3 is 20.1 Å². The van der Waals surface area contributed by atoms with E-state index in [4.69, 9.17) is 9.47 Å². The van der Waals surface area contributed by atoms with E-state index in [1.54, 1.807) is 7.11 Å². The number of benzene rings is 1. The molecule has 1 fully saturated rings. The summed E-state index contributed by atoms with van der Waals surface area (Å²) in [5.74, 6) is 1.23. The summed E-state index contributed by atoms with van der Waals surface area (Å²) in [6.07, 6.45) is 0. The average Bonchev–Trinajstić information content (AvgIpc) is 2.56. The van der Waals surface area contributed by atoms with E-state index in [0.29, 0.717) is 18.5 Å². The molecule has 2 N–H and O–H groups in total. The van der Waals surface area contributed by atoms with Crippen LogP contribution in [0.3, 0.4) is 0 Å². The lowest BCUT2D eigenvalue weighted by Gasteiger charge is -2.36. The average molecular weight is 321 g/mol. The summed E-state index contributed by atoms with van der Waals surface area (Å²) in [5, 5.41) is 5.82. The normalized spacial score (nSPS) is 16.9. The van der Waals surface area contributed by atoms with Crippen molar-refractivity contribution in [1.29, 1.82) is 0 Å². The predicted molar refractivity (Wildman–Crippen MR) is 91.0 cm³/mol. The van der Waals surface area contributed by atoms with Crippen LogP contribution in [0.2, 0.25) is 0 Å². The Kier molecular flexibility index (Phi) is 6.67. The van der Waals surface area contributed by atoms with E-state index in [1.807, 2.05) is 24.3 Å². The zero-order valence-corrected chi connectivity index (χ0v) is 14.2. The molecule has 1 aromatic carbocycles. The van der Waals surface area contributed by atoms with Gasteiger partial charge in [0.1, 0.15) is 5.75 Å². The molecule has 0 spiro atoms. The quantitative estimate of drug-likeness (QED) is 0.843. The minimum Gasteiger partial charge on any atom is -0.497 e. The predicted octanol–water partition coefficient (Wildman–Crippen LogP) is 2.17. The van der Waals surface area contributed by atoms with E-state index < -0.39 is 0 Å². The molecule has 1 aliphatic rings. The van der Waals surface area contributed by atoms with Gasteiger partial charge in [-0.3, -0.25) is 4.90 Å². The Morgan fingerprint density at radius 1 is 1.26 bits per heavy atom. The van der Waals surface area contributed by atoms with Crippen molar-refractivity contribution in [2.45, 2.75) is 19.9 Å². The number of hydrogen-bond acceptors (Lipinski definition) is 4. The lowest BCUT2D eigenvalue weighted by atomic mass is 10.0. The third-order valence-corrected chi connectivity index (χ3v) is 4.10. The van der Waals surface area contributed by atoms with Crippen molar-refractivity contribution >= 4 is 11.7 Å². The van der Waals surface area contributed by atoms with Gasteiger partial charge in [-0.25, -0.2) is 4.79 Å². The summed E-state index contributed by atoms with van der Waals surface area (Å²) in [4.78, 5) is 14.5. The highest BCUT2D eigenvalue weighted by Crippen LogP contribution is 2.15. The van der Waals surface area contributed by atoms with Crippen molar-refractivity contribution in [2.75, 3.05) is 45.3 Å². The van der Waals surface area contributed by atoms with Crippen molar-refractivity contribution in [3.8, 4) is 5.75 Å². The molecule has 0 aliphatic carbocycles. The van der Waals surface area contributed by atoms with Gasteiger partial charge in [-0.15, -0.1) is 0 Å². The van der Waals surface area contributed by atoms with Crippen LogP contribution in [-0.4, -0.2) is 56.9 Å². The molecular formula is C17H27N3O3. The zero-order valence-electron chi connectivity index (χ0n) is 14.2. The second-order valence-corrected chi connectivity index (χ2v) is 6.02. The number of nitrogens with one attached hydrogen (secondary N) is 2. The second-order valence-electron chi connectivity index (χ2n) is 6.02. The van der Waals surface area contributed by atoms with E-state index in [9.17, 15) is 4.79 Å². The molecule has 128 valence electrons. The third kappa shape index (κ3) is 5.41. The fourth-order valence-electron chi connectivity index (χ4n) is 2.74. The summed E-state index contributed by atoms with van der Waals surface area (Å²) < 4.78 is 10.5. The van der Waals surface area contributed by atoms with Crippen LogP contribution in [0, 0.1) is 5.92 Å². The molecule has 2 rings (SSSR count). The number of carbonyl (C=O) groups is 1. The van der Waals surface area contributed by atoms with Crippen LogP contribution in [-0.2, 0) is 4.74 Å². The van der Waals surface area contributed by atoms with E-state index in [1.165, 1.54) is 0 Å². The summed E-state index contributed by atoms with van der Waals surface area (Å²) in [6.45, 7) is 8.36. The van der Waals surface area contributed by atoms with Crippen LogP contribution >= 0.6 is 0 Å². The molecule has 1 heterocycles. The number of hydrogen-bond donors (Lipinski definition) is 2. The van der Waals surface area contributed by atoms with Crippen LogP contribution < -0.4 is 15.4 Å². The number of morpholine rings is 1. The number of nitrogens with zero attached hydrogens (tertiary/aromatic N) is 1. The third-order valence-electron chi connectivity index (χ3n) is 4.10. The lowest BCUT2D eigenvalue weighted by Crippen LogP contribution is -2.51. The molecule has 0 saturated carbocycles. The van der Waals surface area contributed by atoms with Crippen LogP contribution in [0.25, 0.3) is 0 Å². The molecule has 1 aliphatic heterocycles. The summed E-state index contributed by atoms with van der Waals surface area (Å²) in [5.41, 5.74) is 0.746. The van der Waals surface area contributed by atoms with Crippen molar-refractivity contribution in [3.05, 3.63) is 24.3 Å². The largest absolute Gasteiger partial charge is 0.497 e. The first-order chi connectivity index (χ1) is 11.1. The lowest BCUT2D eigenvalue weighted by molar-refractivity contribution is 0.00728. The Hall–Kier alpha value is -1.79. The molecule has 1 aromatic rings.